The number of hydrogen-bond acceptors (Lipinski definition) is 2. The Morgan fingerprint density at radius 2 is 2.07 bits per heavy atom. The lowest BCUT2D eigenvalue weighted by atomic mass is 9.81. The van der Waals surface area contributed by atoms with Gasteiger partial charge in [0.05, 0.1) is 0 Å². The molecule has 0 aromatic rings. The van der Waals surface area contributed by atoms with Crippen LogP contribution in [0.1, 0.15) is 39.0 Å². The van der Waals surface area contributed by atoms with Gasteiger partial charge in [-0.2, -0.15) is 0 Å². The van der Waals surface area contributed by atoms with Crippen LogP contribution in [0.25, 0.3) is 0 Å². The number of carbonyl (C=O) groups excluding carboxylic acids is 1. The number of ether oxygens (including phenoxy) is 1. The van der Waals surface area contributed by atoms with E-state index in [1.807, 2.05) is 0 Å². The van der Waals surface area contributed by atoms with Crippen molar-refractivity contribution in [1.82, 2.24) is 0 Å². The van der Waals surface area contributed by atoms with Crippen LogP contribution in [-0.2, 0) is 9.53 Å². The first-order valence-corrected chi connectivity index (χ1v) is 5.49. The zero-order valence-electron chi connectivity index (χ0n) is 9.00. The van der Waals surface area contributed by atoms with Crippen molar-refractivity contribution < 1.29 is 9.53 Å². The molecule has 0 spiro atoms. The predicted molar refractivity (Wildman–Crippen MR) is 56.9 cm³/mol. The summed E-state index contributed by atoms with van der Waals surface area (Å²) in [6.07, 6.45) is 7.11. The maximum Gasteiger partial charge on any atom is 0.306 e. The SMILES string of the molecule is C=CCOC(=O)CC1CCC(C)CC1. The Labute approximate surface area is 86.3 Å². The second kappa shape index (κ2) is 5.84. The van der Waals surface area contributed by atoms with Crippen molar-refractivity contribution >= 4 is 5.97 Å². The largest absolute Gasteiger partial charge is 0.461 e. The van der Waals surface area contributed by atoms with Gasteiger partial charge in [0.25, 0.3) is 0 Å². The topological polar surface area (TPSA) is 26.3 Å². The van der Waals surface area contributed by atoms with Gasteiger partial charge in [-0.1, -0.05) is 32.4 Å². The smallest absolute Gasteiger partial charge is 0.306 e. The molecule has 2 heteroatoms. The summed E-state index contributed by atoms with van der Waals surface area (Å²) >= 11 is 0. The van der Waals surface area contributed by atoms with Gasteiger partial charge >= 0.3 is 5.97 Å². The monoisotopic (exact) mass is 196 g/mol. The third kappa shape index (κ3) is 3.95. The van der Waals surface area contributed by atoms with Crippen molar-refractivity contribution in [3.05, 3.63) is 12.7 Å². The molecule has 1 saturated carbocycles. The van der Waals surface area contributed by atoms with Gasteiger partial charge < -0.3 is 4.74 Å². The van der Waals surface area contributed by atoms with Crippen LogP contribution in [0, 0.1) is 11.8 Å². The fourth-order valence-electron chi connectivity index (χ4n) is 1.98. The first-order chi connectivity index (χ1) is 6.72. The number of carbonyl (C=O) groups is 1. The Morgan fingerprint density at radius 1 is 1.43 bits per heavy atom. The van der Waals surface area contributed by atoms with Gasteiger partial charge in [0, 0.05) is 6.42 Å². The molecule has 80 valence electrons. The van der Waals surface area contributed by atoms with Gasteiger partial charge in [0.1, 0.15) is 6.61 Å². The minimum absolute atomic E-state index is 0.0653. The molecule has 2 nitrogen and oxygen atoms in total. The summed E-state index contributed by atoms with van der Waals surface area (Å²) in [6.45, 7) is 6.15. The molecule has 1 rings (SSSR count). The van der Waals surface area contributed by atoms with Gasteiger partial charge in [-0.25, -0.2) is 0 Å². The van der Waals surface area contributed by atoms with Gasteiger partial charge in [0.15, 0.2) is 0 Å². The summed E-state index contributed by atoms with van der Waals surface area (Å²) in [7, 11) is 0. The van der Waals surface area contributed by atoms with E-state index in [2.05, 4.69) is 13.5 Å². The number of esters is 1. The van der Waals surface area contributed by atoms with E-state index in [0.717, 1.165) is 5.92 Å². The molecule has 0 radical (unpaired) electrons. The van der Waals surface area contributed by atoms with Crippen LogP contribution in [0.2, 0.25) is 0 Å². The molecule has 1 aliphatic rings. The molecule has 0 N–H and O–H groups in total. The molecule has 0 amide bonds. The second-order valence-corrected chi connectivity index (χ2v) is 4.30. The summed E-state index contributed by atoms with van der Waals surface area (Å²) in [5.74, 6) is 1.34. The third-order valence-electron chi connectivity index (χ3n) is 2.95. The molecule has 0 unspecified atom stereocenters. The Hall–Kier alpha value is -0.790. The quantitative estimate of drug-likeness (QED) is 0.510. The number of hydrogen-bond donors (Lipinski definition) is 0. The Kier molecular flexibility index (Phi) is 4.71. The van der Waals surface area contributed by atoms with Crippen molar-refractivity contribution in [1.29, 1.82) is 0 Å². The fourth-order valence-corrected chi connectivity index (χ4v) is 1.98. The summed E-state index contributed by atoms with van der Waals surface area (Å²) < 4.78 is 4.96. The lowest BCUT2D eigenvalue weighted by molar-refractivity contribution is -0.143. The minimum atomic E-state index is -0.0653. The third-order valence-corrected chi connectivity index (χ3v) is 2.95. The van der Waals surface area contributed by atoms with Crippen LogP contribution in [0.5, 0.6) is 0 Å². The van der Waals surface area contributed by atoms with E-state index in [-0.39, 0.29) is 5.97 Å². The first kappa shape index (κ1) is 11.3. The van der Waals surface area contributed by atoms with Crippen LogP contribution >= 0.6 is 0 Å². The lowest BCUT2D eigenvalue weighted by Gasteiger charge is -2.25. The van der Waals surface area contributed by atoms with E-state index in [1.165, 1.54) is 25.7 Å². The zero-order valence-corrected chi connectivity index (χ0v) is 9.00. The first-order valence-electron chi connectivity index (χ1n) is 5.49. The second-order valence-electron chi connectivity index (χ2n) is 4.30. The molecule has 14 heavy (non-hydrogen) atoms. The summed E-state index contributed by atoms with van der Waals surface area (Å²) in [4.78, 5) is 11.3. The minimum Gasteiger partial charge on any atom is -0.461 e. The Morgan fingerprint density at radius 3 is 2.64 bits per heavy atom. The molecule has 0 bridgehead atoms. The Balaban J connectivity index is 2.17. The highest BCUT2D eigenvalue weighted by molar-refractivity contribution is 5.69. The summed E-state index contributed by atoms with van der Waals surface area (Å²) in [5, 5.41) is 0. The van der Waals surface area contributed by atoms with Gasteiger partial charge in [-0.3, -0.25) is 4.79 Å². The van der Waals surface area contributed by atoms with E-state index in [0.29, 0.717) is 18.9 Å². The molecule has 1 aliphatic carbocycles. The maximum atomic E-state index is 11.3. The normalized spacial score (nSPS) is 26.9. The summed E-state index contributed by atoms with van der Waals surface area (Å²) in [6, 6.07) is 0. The summed E-state index contributed by atoms with van der Waals surface area (Å²) in [5.41, 5.74) is 0. The van der Waals surface area contributed by atoms with Crippen molar-refractivity contribution in [2.24, 2.45) is 11.8 Å². The van der Waals surface area contributed by atoms with E-state index < -0.39 is 0 Å². The van der Waals surface area contributed by atoms with E-state index in [4.69, 9.17) is 4.74 Å². The fraction of sp³-hybridized carbons (Fsp3) is 0.750. The molecular formula is C12H20O2. The molecule has 0 aliphatic heterocycles. The van der Waals surface area contributed by atoms with Crippen LogP contribution in [0.4, 0.5) is 0 Å². The van der Waals surface area contributed by atoms with Crippen LogP contribution in [0.15, 0.2) is 12.7 Å². The van der Waals surface area contributed by atoms with Crippen molar-refractivity contribution in [3.63, 3.8) is 0 Å². The van der Waals surface area contributed by atoms with Gasteiger partial charge in [-0.15, -0.1) is 0 Å². The lowest BCUT2D eigenvalue weighted by Crippen LogP contribution is -2.17. The molecule has 0 atom stereocenters. The van der Waals surface area contributed by atoms with Crippen molar-refractivity contribution in [3.8, 4) is 0 Å². The molecule has 1 fully saturated rings. The standard InChI is InChI=1S/C12H20O2/c1-3-8-14-12(13)9-11-6-4-10(2)5-7-11/h3,10-11H,1,4-9H2,2H3. The average molecular weight is 196 g/mol. The molecule has 0 saturated heterocycles. The molecule has 0 aromatic carbocycles. The molecule has 0 aromatic heterocycles. The van der Waals surface area contributed by atoms with Gasteiger partial charge in [0.2, 0.25) is 0 Å². The Bertz CT molecular complexity index is 190. The van der Waals surface area contributed by atoms with Gasteiger partial charge in [-0.05, 0) is 24.7 Å². The predicted octanol–water partition coefficient (Wildman–Crippen LogP) is 2.93. The highest BCUT2D eigenvalue weighted by Crippen LogP contribution is 2.30. The van der Waals surface area contributed by atoms with Crippen LogP contribution in [-0.4, -0.2) is 12.6 Å². The van der Waals surface area contributed by atoms with Crippen molar-refractivity contribution in [2.75, 3.05) is 6.61 Å². The highest BCUT2D eigenvalue weighted by Gasteiger charge is 2.20. The molecule has 0 heterocycles. The molecular weight excluding hydrogens is 176 g/mol. The highest BCUT2D eigenvalue weighted by atomic mass is 16.5. The number of rotatable bonds is 4. The maximum absolute atomic E-state index is 11.3. The zero-order chi connectivity index (χ0) is 10.4. The van der Waals surface area contributed by atoms with Crippen LogP contribution in [0.3, 0.4) is 0 Å². The van der Waals surface area contributed by atoms with Crippen molar-refractivity contribution in [2.45, 2.75) is 39.0 Å². The van der Waals surface area contributed by atoms with E-state index in [9.17, 15) is 4.79 Å². The average Bonchev–Trinajstić information content (AvgIpc) is 2.18. The van der Waals surface area contributed by atoms with Crippen LogP contribution < -0.4 is 0 Å². The van der Waals surface area contributed by atoms with E-state index >= 15 is 0 Å². The van der Waals surface area contributed by atoms with E-state index in [1.54, 1.807) is 6.08 Å².